The molecule has 100 valence electrons. The van der Waals surface area contributed by atoms with Gasteiger partial charge in [-0.25, -0.2) is 14.5 Å². The first-order valence-electron chi connectivity index (χ1n) is 5.67. The molecule has 1 N–H and O–H groups in total. The molecule has 20 heavy (non-hydrogen) atoms. The number of H-pyrrole nitrogens is 1. The number of aromatic nitrogens is 3. The van der Waals surface area contributed by atoms with E-state index in [1.807, 2.05) is 0 Å². The number of hydrogen-bond acceptors (Lipinski definition) is 4. The van der Waals surface area contributed by atoms with Gasteiger partial charge in [0.05, 0.1) is 11.2 Å². The van der Waals surface area contributed by atoms with Gasteiger partial charge in [-0.3, -0.25) is 0 Å². The summed E-state index contributed by atoms with van der Waals surface area (Å²) in [6.45, 7) is 0. The third kappa shape index (κ3) is 2.60. The van der Waals surface area contributed by atoms with E-state index in [1.165, 1.54) is 24.7 Å². The van der Waals surface area contributed by atoms with E-state index in [0.29, 0.717) is 23.0 Å². The van der Waals surface area contributed by atoms with Crippen molar-refractivity contribution in [1.29, 1.82) is 0 Å². The number of benzene rings is 1. The van der Waals surface area contributed by atoms with Gasteiger partial charge in [-0.2, -0.15) is 10.1 Å². The Balaban J connectivity index is 1.84. The molecule has 0 atom stereocenters. The van der Waals surface area contributed by atoms with Gasteiger partial charge in [0.1, 0.15) is 23.7 Å². The molecule has 0 aliphatic heterocycles. The van der Waals surface area contributed by atoms with E-state index in [-0.39, 0.29) is 5.02 Å². The van der Waals surface area contributed by atoms with Crippen molar-refractivity contribution >= 4 is 23.8 Å². The average Bonchev–Trinajstić information content (AvgIpc) is 3.10. The van der Waals surface area contributed by atoms with E-state index in [4.69, 9.17) is 16.0 Å². The lowest BCUT2D eigenvalue weighted by atomic mass is 10.2. The van der Waals surface area contributed by atoms with Crippen LogP contribution in [0.25, 0.3) is 11.3 Å². The summed E-state index contributed by atoms with van der Waals surface area (Å²) < 4.78 is 18.7. The van der Waals surface area contributed by atoms with E-state index in [2.05, 4.69) is 20.2 Å². The normalized spacial score (nSPS) is 11.3. The van der Waals surface area contributed by atoms with E-state index in [1.54, 1.807) is 18.2 Å². The first-order valence-corrected chi connectivity index (χ1v) is 6.05. The summed E-state index contributed by atoms with van der Waals surface area (Å²) in [5.74, 6) is 1.03. The molecule has 0 unspecified atom stereocenters. The van der Waals surface area contributed by atoms with Gasteiger partial charge in [0.15, 0.2) is 0 Å². The van der Waals surface area contributed by atoms with Crippen LogP contribution >= 0.6 is 11.6 Å². The van der Waals surface area contributed by atoms with Gasteiger partial charge in [0.25, 0.3) is 0 Å². The van der Waals surface area contributed by atoms with Crippen molar-refractivity contribution in [3.63, 3.8) is 0 Å². The zero-order valence-electron chi connectivity index (χ0n) is 10.0. The van der Waals surface area contributed by atoms with E-state index in [0.717, 1.165) is 0 Å². The summed E-state index contributed by atoms with van der Waals surface area (Å²) in [5, 5.41) is 6.33. The maximum atomic E-state index is 13.1. The van der Waals surface area contributed by atoms with Gasteiger partial charge >= 0.3 is 0 Å². The summed E-state index contributed by atoms with van der Waals surface area (Å²) in [6.07, 6.45) is 2.87. The minimum Gasteiger partial charge on any atom is -0.455 e. The van der Waals surface area contributed by atoms with Gasteiger partial charge in [0, 0.05) is 5.56 Å². The fourth-order valence-electron chi connectivity index (χ4n) is 1.61. The maximum absolute atomic E-state index is 13.1. The van der Waals surface area contributed by atoms with Crippen LogP contribution in [0, 0.1) is 5.82 Å². The molecular weight excluding hydrogens is 283 g/mol. The number of halogens is 2. The number of aromatic amines is 1. The molecule has 2 aromatic heterocycles. The SMILES string of the molecule is Fc1ccc(-c2ccc(/C=N/c3ncn[nH]3)o2)cc1Cl. The topological polar surface area (TPSA) is 67.1 Å². The highest BCUT2D eigenvalue weighted by molar-refractivity contribution is 6.31. The van der Waals surface area contributed by atoms with Crippen molar-refractivity contribution in [2.24, 2.45) is 4.99 Å². The van der Waals surface area contributed by atoms with E-state index >= 15 is 0 Å². The highest BCUT2D eigenvalue weighted by atomic mass is 35.5. The van der Waals surface area contributed by atoms with Crippen LogP contribution in [0.5, 0.6) is 0 Å². The monoisotopic (exact) mass is 290 g/mol. The Morgan fingerprint density at radius 1 is 1.30 bits per heavy atom. The van der Waals surface area contributed by atoms with Crippen molar-refractivity contribution < 1.29 is 8.81 Å². The molecule has 7 heteroatoms. The Morgan fingerprint density at radius 2 is 2.20 bits per heavy atom. The van der Waals surface area contributed by atoms with Crippen LogP contribution in [0.15, 0.2) is 46.1 Å². The van der Waals surface area contributed by atoms with Crippen molar-refractivity contribution in [2.75, 3.05) is 0 Å². The lowest BCUT2D eigenvalue weighted by Crippen LogP contribution is -1.79. The zero-order chi connectivity index (χ0) is 13.9. The summed E-state index contributed by atoms with van der Waals surface area (Å²) >= 11 is 5.74. The second-order valence-electron chi connectivity index (χ2n) is 3.90. The lowest BCUT2D eigenvalue weighted by molar-refractivity contribution is 0.574. The molecule has 0 saturated carbocycles. The first kappa shape index (κ1) is 12.6. The Bertz CT molecular complexity index is 752. The molecule has 5 nitrogen and oxygen atoms in total. The molecule has 2 heterocycles. The summed E-state index contributed by atoms with van der Waals surface area (Å²) in [4.78, 5) is 7.89. The van der Waals surface area contributed by atoms with Crippen molar-refractivity contribution in [3.05, 3.63) is 53.3 Å². The summed E-state index contributed by atoms with van der Waals surface area (Å²) in [6, 6.07) is 7.89. The van der Waals surface area contributed by atoms with Gasteiger partial charge in [0.2, 0.25) is 5.95 Å². The summed E-state index contributed by atoms with van der Waals surface area (Å²) in [5.41, 5.74) is 0.690. The molecule has 0 aliphatic carbocycles. The zero-order valence-corrected chi connectivity index (χ0v) is 10.8. The van der Waals surface area contributed by atoms with E-state index in [9.17, 15) is 4.39 Å². The minimum atomic E-state index is -0.464. The van der Waals surface area contributed by atoms with Crippen LogP contribution in [0.3, 0.4) is 0 Å². The number of rotatable bonds is 3. The largest absolute Gasteiger partial charge is 0.455 e. The molecule has 3 rings (SSSR count). The second-order valence-corrected chi connectivity index (χ2v) is 4.31. The first-order chi connectivity index (χ1) is 9.72. The predicted octanol–water partition coefficient (Wildman–Crippen LogP) is 3.61. The molecule has 1 aromatic carbocycles. The number of furan rings is 1. The molecule has 0 fully saturated rings. The van der Waals surface area contributed by atoms with Crippen molar-refractivity contribution in [1.82, 2.24) is 15.2 Å². The Morgan fingerprint density at radius 3 is 2.95 bits per heavy atom. The van der Waals surface area contributed by atoms with Gasteiger partial charge in [-0.15, -0.1) is 0 Å². The molecule has 0 amide bonds. The second kappa shape index (κ2) is 5.26. The molecule has 3 aromatic rings. The highest BCUT2D eigenvalue weighted by Gasteiger charge is 2.07. The van der Waals surface area contributed by atoms with Gasteiger partial charge < -0.3 is 4.42 Å². The van der Waals surface area contributed by atoms with Crippen molar-refractivity contribution in [3.8, 4) is 11.3 Å². The third-order valence-electron chi connectivity index (χ3n) is 2.55. The van der Waals surface area contributed by atoms with Gasteiger partial charge in [-0.05, 0) is 30.3 Å². The maximum Gasteiger partial charge on any atom is 0.245 e. The lowest BCUT2D eigenvalue weighted by Gasteiger charge is -1.98. The number of nitrogens with one attached hydrogen (secondary N) is 1. The molecule has 0 bridgehead atoms. The standard InChI is InChI=1S/C13H8ClFN4O/c14-10-5-8(1-3-11(10)15)12-4-2-9(20-12)6-16-13-17-7-18-19-13/h1-7H,(H,17,18,19)/b16-6+. The van der Waals surface area contributed by atoms with Crippen LogP contribution in [0.2, 0.25) is 5.02 Å². The van der Waals surface area contributed by atoms with Crippen LogP contribution in [0.1, 0.15) is 5.76 Å². The summed E-state index contributed by atoms with van der Waals surface area (Å²) in [7, 11) is 0. The van der Waals surface area contributed by atoms with Crippen LogP contribution < -0.4 is 0 Å². The highest BCUT2D eigenvalue weighted by Crippen LogP contribution is 2.26. The minimum absolute atomic E-state index is 0.0516. The predicted molar refractivity (Wildman–Crippen MR) is 72.7 cm³/mol. The average molecular weight is 291 g/mol. The van der Waals surface area contributed by atoms with Crippen LogP contribution in [-0.4, -0.2) is 21.4 Å². The van der Waals surface area contributed by atoms with E-state index < -0.39 is 5.82 Å². The quantitative estimate of drug-likeness (QED) is 0.749. The molecular formula is C13H8ClFN4O. The molecule has 0 radical (unpaired) electrons. The third-order valence-corrected chi connectivity index (χ3v) is 2.84. The molecule has 0 spiro atoms. The fraction of sp³-hybridized carbons (Fsp3) is 0. The molecule has 0 aliphatic rings. The Hall–Kier alpha value is -2.47. The van der Waals surface area contributed by atoms with Crippen LogP contribution in [-0.2, 0) is 0 Å². The Kier molecular flexibility index (Phi) is 3.30. The number of nitrogens with zero attached hydrogens (tertiary/aromatic N) is 3. The smallest absolute Gasteiger partial charge is 0.245 e. The number of hydrogen-bond donors (Lipinski definition) is 1. The fourth-order valence-corrected chi connectivity index (χ4v) is 1.79. The van der Waals surface area contributed by atoms with Crippen LogP contribution in [0.4, 0.5) is 10.3 Å². The van der Waals surface area contributed by atoms with Gasteiger partial charge in [-0.1, -0.05) is 11.6 Å². The number of aliphatic imine (C=N–C) groups is 1. The van der Waals surface area contributed by atoms with Crippen molar-refractivity contribution in [2.45, 2.75) is 0 Å². The Labute approximate surface area is 118 Å². The molecule has 0 saturated heterocycles.